The van der Waals surface area contributed by atoms with Gasteiger partial charge in [-0.1, -0.05) is 20.8 Å². The van der Waals surface area contributed by atoms with Gasteiger partial charge in [-0.2, -0.15) is 0 Å². The molecule has 0 N–H and O–H groups in total. The summed E-state index contributed by atoms with van der Waals surface area (Å²) in [4.78, 5) is 0. The lowest BCUT2D eigenvalue weighted by atomic mass is 10.2. The smallest absolute Gasteiger partial charge is 0.0209 e. The number of nitrogens with zero attached hydrogens (tertiary/aromatic N) is 1. The standard InChI is InChI=1S/C6H15NO2S/c1-4-7(10(8)9)5-6(2)3/h6H,4-5H2,1-3H3,(H,8,9)/p-1. The van der Waals surface area contributed by atoms with Crippen molar-refractivity contribution in [3.05, 3.63) is 0 Å². The highest BCUT2D eigenvalue weighted by molar-refractivity contribution is 7.76. The van der Waals surface area contributed by atoms with Crippen LogP contribution < -0.4 is 0 Å². The lowest BCUT2D eigenvalue weighted by molar-refractivity contribution is 0.363. The SMILES string of the molecule is CCN(CC(C)C)S(=O)[O-]. The van der Waals surface area contributed by atoms with Crippen LogP contribution >= 0.6 is 0 Å². The Bertz CT molecular complexity index is 116. The van der Waals surface area contributed by atoms with Crippen LogP contribution in [0.25, 0.3) is 0 Å². The molecule has 1 atom stereocenters. The molecule has 0 bridgehead atoms. The molecule has 0 radical (unpaired) electrons. The van der Waals surface area contributed by atoms with Gasteiger partial charge in [0.2, 0.25) is 0 Å². The summed E-state index contributed by atoms with van der Waals surface area (Å²) in [7, 11) is 0. The zero-order valence-corrected chi connectivity index (χ0v) is 7.48. The molecule has 62 valence electrons. The molecule has 0 aromatic carbocycles. The number of rotatable bonds is 4. The quantitative estimate of drug-likeness (QED) is 0.576. The van der Waals surface area contributed by atoms with Crippen molar-refractivity contribution < 1.29 is 8.76 Å². The first-order chi connectivity index (χ1) is 4.57. The van der Waals surface area contributed by atoms with Gasteiger partial charge in [0.1, 0.15) is 0 Å². The van der Waals surface area contributed by atoms with E-state index < -0.39 is 11.3 Å². The average molecular weight is 164 g/mol. The van der Waals surface area contributed by atoms with E-state index in [2.05, 4.69) is 0 Å². The van der Waals surface area contributed by atoms with Crippen LogP contribution in [0.5, 0.6) is 0 Å². The summed E-state index contributed by atoms with van der Waals surface area (Å²) in [5, 5.41) is 0. The van der Waals surface area contributed by atoms with Gasteiger partial charge in [0.25, 0.3) is 0 Å². The Morgan fingerprint density at radius 2 is 2.10 bits per heavy atom. The molecule has 0 amide bonds. The third-order valence-corrected chi connectivity index (χ3v) is 1.96. The Balaban J connectivity index is 3.72. The monoisotopic (exact) mass is 164 g/mol. The van der Waals surface area contributed by atoms with Crippen LogP contribution in [0.1, 0.15) is 20.8 Å². The maximum atomic E-state index is 10.4. The molecule has 0 aromatic rings. The van der Waals surface area contributed by atoms with E-state index in [-0.39, 0.29) is 0 Å². The predicted molar refractivity (Wildman–Crippen MR) is 41.0 cm³/mol. The van der Waals surface area contributed by atoms with E-state index in [4.69, 9.17) is 0 Å². The number of hydrogen-bond donors (Lipinski definition) is 0. The summed E-state index contributed by atoms with van der Waals surface area (Å²) < 4.78 is 22.2. The second-order valence-corrected chi connectivity index (χ2v) is 3.54. The van der Waals surface area contributed by atoms with E-state index in [9.17, 15) is 8.76 Å². The summed E-state index contributed by atoms with van der Waals surface area (Å²) in [5.74, 6) is 0.401. The highest BCUT2D eigenvalue weighted by Crippen LogP contribution is 1.99. The van der Waals surface area contributed by atoms with Crippen LogP contribution in [-0.2, 0) is 11.3 Å². The van der Waals surface area contributed by atoms with Gasteiger partial charge in [0, 0.05) is 24.4 Å². The lowest BCUT2D eigenvalue weighted by Crippen LogP contribution is -2.29. The third kappa shape index (κ3) is 3.98. The van der Waals surface area contributed by atoms with Gasteiger partial charge < -0.3 is 4.55 Å². The Kier molecular flexibility index (Phi) is 4.85. The van der Waals surface area contributed by atoms with Crippen molar-refractivity contribution in [2.45, 2.75) is 20.8 Å². The second-order valence-electron chi connectivity index (χ2n) is 2.59. The minimum atomic E-state index is -2.04. The van der Waals surface area contributed by atoms with Gasteiger partial charge in [-0.15, -0.1) is 0 Å². The predicted octanol–water partition coefficient (Wildman–Crippen LogP) is 0.758. The Morgan fingerprint density at radius 3 is 2.20 bits per heavy atom. The fourth-order valence-electron chi connectivity index (χ4n) is 0.703. The van der Waals surface area contributed by atoms with Crippen LogP contribution in [0.3, 0.4) is 0 Å². The molecule has 0 heterocycles. The fraction of sp³-hybridized carbons (Fsp3) is 1.00. The second kappa shape index (κ2) is 4.82. The zero-order valence-electron chi connectivity index (χ0n) is 6.66. The van der Waals surface area contributed by atoms with Crippen molar-refractivity contribution in [2.75, 3.05) is 13.1 Å². The molecule has 0 spiro atoms. The van der Waals surface area contributed by atoms with Crippen molar-refractivity contribution in [2.24, 2.45) is 5.92 Å². The summed E-state index contributed by atoms with van der Waals surface area (Å²) in [6.07, 6.45) is 0. The molecule has 0 fully saturated rings. The van der Waals surface area contributed by atoms with Crippen molar-refractivity contribution >= 4 is 11.3 Å². The molecule has 10 heavy (non-hydrogen) atoms. The fourth-order valence-corrected chi connectivity index (χ4v) is 1.33. The van der Waals surface area contributed by atoms with Gasteiger partial charge in [-0.25, -0.2) is 4.31 Å². The van der Waals surface area contributed by atoms with E-state index in [1.807, 2.05) is 20.8 Å². The van der Waals surface area contributed by atoms with Crippen molar-refractivity contribution in [1.82, 2.24) is 4.31 Å². The van der Waals surface area contributed by atoms with Gasteiger partial charge in [-0.05, 0) is 5.92 Å². The molecule has 0 saturated carbocycles. The molecule has 3 nitrogen and oxygen atoms in total. The molecule has 0 saturated heterocycles. The van der Waals surface area contributed by atoms with Crippen LogP contribution in [0, 0.1) is 5.92 Å². The average Bonchev–Trinajstić information content (AvgIpc) is 1.81. The van der Waals surface area contributed by atoms with Crippen LogP contribution in [0.15, 0.2) is 0 Å². The van der Waals surface area contributed by atoms with Crippen LogP contribution in [-0.4, -0.2) is 26.2 Å². The topological polar surface area (TPSA) is 43.4 Å². The van der Waals surface area contributed by atoms with Crippen molar-refractivity contribution in [3.8, 4) is 0 Å². The molecule has 0 aliphatic carbocycles. The van der Waals surface area contributed by atoms with Crippen molar-refractivity contribution in [1.29, 1.82) is 0 Å². The summed E-state index contributed by atoms with van der Waals surface area (Å²) >= 11 is -2.04. The van der Waals surface area contributed by atoms with Gasteiger partial charge >= 0.3 is 0 Å². The minimum absolute atomic E-state index is 0.401. The number of hydrogen-bond acceptors (Lipinski definition) is 2. The molecule has 1 unspecified atom stereocenters. The van der Waals surface area contributed by atoms with Gasteiger partial charge in [0.05, 0.1) is 0 Å². The highest BCUT2D eigenvalue weighted by atomic mass is 32.2. The lowest BCUT2D eigenvalue weighted by Gasteiger charge is -2.23. The highest BCUT2D eigenvalue weighted by Gasteiger charge is 2.03. The molecular weight excluding hydrogens is 150 g/mol. The molecular formula is C6H14NO2S-. The van der Waals surface area contributed by atoms with Crippen molar-refractivity contribution in [3.63, 3.8) is 0 Å². The van der Waals surface area contributed by atoms with E-state index in [1.165, 1.54) is 4.31 Å². The summed E-state index contributed by atoms with van der Waals surface area (Å²) in [6.45, 7) is 7.00. The first kappa shape index (κ1) is 10.1. The Morgan fingerprint density at radius 1 is 1.60 bits per heavy atom. The molecule has 0 aliphatic heterocycles. The largest absolute Gasteiger partial charge is 0.760 e. The third-order valence-electron chi connectivity index (χ3n) is 1.13. The van der Waals surface area contributed by atoms with Crippen LogP contribution in [0.4, 0.5) is 0 Å². The van der Waals surface area contributed by atoms with E-state index >= 15 is 0 Å². The first-order valence-corrected chi connectivity index (χ1v) is 4.45. The van der Waals surface area contributed by atoms with E-state index in [0.29, 0.717) is 19.0 Å². The normalized spacial score (nSPS) is 14.6. The van der Waals surface area contributed by atoms with Gasteiger partial charge in [0.15, 0.2) is 0 Å². The van der Waals surface area contributed by atoms with E-state index in [0.717, 1.165) is 0 Å². The summed E-state index contributed by atoms with van der Waals surface area (Å²) in [6, 6.07) is 0. The van der Waals surface area contributed by atoms with Crippen LogP contribution in [0.2, 0.25) is 0 Å². The van der Waals surface area contributed by atoms with E-state index in [1.54, 1.807) is 0 Å². The van der Waals surface area contributed by atoms with Gasteiger partial charge in [-0.3, -0.25) is 4.21 Å². The maximum Gasteiger partial charge on any atom is 0.0209 e. The summed E-state index contributed by atoms with van der Waals surface area (Å²) in [5.41, 5.74) is 0. The first-order valence-electron chi connectivity index (χ1n) is 3.42. The minimum Gasteiger partial charge on any atom is -0.760 e. The Hall–Kier alpha value is 0.0700. The maximum absolute atomic E-state index is 10.4. The molecule has 0 aliphatic rings. The molecule has 0 aromatic heterocycles. The molecule has 0 rings (SSSR count). The Labute approximate surface area is 64.8 Å². The molecule has 4 heteroatoms. The zero-order chi connectivity index (χ0) is 8.15.